The molecule has 1 aliphatic rings. The van der Waals surface area contributed by atoms with Gasteiger partial charge in [-0.25, -0.2) is 8.78 Å². The Morgan fingerprint density at radius 1 is 0.963 bits per heavy atom. The van der Waals surface area contributed by atoms with Crippen LogP contribution in [0.2, 0.25) is 0 Å². The molecule has 0 saturated carbocycles. The van der Waals surface area contributed by atoms with Gasteiger partial charge in [-0.2, -0.15) is 0 Å². The van der Waals surface area contributed by atoms with E-state index in [2.05, 4.69) is 31.9 Å². The monoisotopic (exact) mass is 510 g/mol. The van der Waals surface area contributed by atoms with Crippen LogP contribution in [0.3, 0.4) is 0 Å². The van der Waals surface area contributed by atoms with Crippen LogP contribution in [0.25, 0.3) is 0 Å². The second-order valence-corrected chi connectivity index (χ2v) is 6.68. The first-order chi connectivity index (χ1) is 12.9. The van der Waals surface area contributed by atoms with Gasteiger partial charge in [0.05, 0.1) is 26.4 Å². The van der Waals surface area contributed by atoms with Crippen molar-refractivity contribution < 1.29 is 33.3 Å². The van der Waals surface area contributed by atoms with Gasteiger partial charge in [-0.3, -0.25) is 4.79 Å². The highest BCUT2D eigenvalue weighted by atomic mass is 79.9. The lowest BCUT2D eigenvalue weighted by atomic mass is 10.2. The second kappa shape index (κ2) is 13.0. The van der Waals surface area contributed by atoms with Crippen molar-refractivity contribution in [2.45, 2.75) is 6.29 Å². The lowest BCUT2D eigenvalue weighted by molar-refractivity contribution is -0.0448. The van der Waals surface area contributed by atoms with Crippen molar-refractivity contribution in [3.8, 4) is 0 Å². The van der Waals surface area contributed by atoms with Gasteiger partial charge in [0.15, 0.2) is 12.6 Å². The fourth-order valence-corrected chi connectivity index (χ4v) is 2.61. The lowest BCUT2D eigenvalue weighted by Crippen LogP contribution is -1.99. The maximum Gasteiger partial charge on any atom is 0.185 e. The quantitative estimate of drug-likeness (QED) is 0.609. The van der Waals surface area contributed by atoms with E-state index in [9.17, 15) is 13.6 Å². The van der Waals surface area contributed by atoms with E-state index < -0.39 is 12.1 Å². The molecule has 0 unspecified atom stereocenters. The predicted octanol–water partition coefficient (Wildman–Crippen LogP) is 4.01. The van der Waals surface area contributed by atoms with E-state index in [4.69, 9.17) is 19.7 Å². The number of aliphatic hydroxyl groups is 2. The molecule has 1 fully saturated rings. The smallest absolute Gasteiger partial charge is 0.185 e. The average Bonchev–Trinajstić information content (AvgIpc) is 3.21. The summed E-state index contributed by atoms with van der Waals surface area (Å²) in [4.78, 5) is 10.2. The highest BCUT2D eigenvalue weighted by molar-refractivity contribution is 9.10. The number of carbonyl (C=O) groups is 1. The summed E-state index contributed by atoms with van der Waals surface area (Å²) in [6.07, 6.45) is 0.178. The van der Waals surface area contributed by atoms with Crippen LogP contribution in [0.15, 0.2) is 45.3 Å². The molecule has 3 rings (SSSR count). The maximum atomic E-state index is 12.9. The number of hydrogen-bond acceptors (Lipinski definition) is 5. The van der Waals surface area contributed by atoms with E-state index >= 15 is 0 Å². The molecule has 2 aromatic rings. The molecule has 0 bridgehead atoms. The zero-order valence-corrected chi connectivity index (χ0v) is 17.3. The van der Waals surface area contributed by atoms with Gasteiger partial charge in [-0.1, -0.05) is 31.9 Å². The van der Waals surface area contributed by atoms with Crippen LogP contribution in [0.4, 0.5) is 8.78 Å². The van der Waals surface area contributed by atoms with E-state index in [0.29, 0.717) is 35.1 Å². The van der Waals surface area contributed by atoms with Crippen LogP contribution >= 0.6 is 31.9 Å². The van der Waals surface area contributed by atoms with Gasteiger partial charge in [0.25, 0.3) is 0 Å². The normalized spacial score (nSPS) is 13.3. The molecule has 148 valence electrons. The largest absolute Gasteiger partial charge is 0.394 e. The van der Waals surface area contributed by atoms with Crippen molar-refractivity contribution in [1.29, 1.82) is 0 Å². The molecule has 0 amide bonds. The fraction of sp³-hybridized carbons (Fsp3) is 0.278. The van der Waals surface area contributed by atoms with Crippen molar-refractivity contribution in [3.05, 3.63) is 68.1 Å². The lowest BCUT2D eigenvalue weighted by Gasteiger charge is -2.10. The Morgan fingerprint density at radius 3 is 1.96 bits per heavy atom. The maximum absolute atomic E-state index is 12.9. The van der Waals surface area contributed by atoms with E-state index in [1.807, 2.05) is 0 Å². The third-order valence-corrected chi connectivity index (χ3v) is 4.46. The molecule has 1 aliphatic heterocycles. The molecule has 2 aromatic carbocycles. The summed E-state index contributed by atoms with van der Waals surface area (Å²) in [6, 6.07) is 8.42. The summed E-state index contributed by atoms with van der Waals surface area (Å²) < 4.78 is 37.2. The number of hydrogen-bond donors (Lipinski definition) is 2. The van der Waals surface area contributed by atoms with Crippen LogP contribution < -0.4 is 0 Å². The Morgan fingerprint density at radius 2 is 1.48 bits per heavy atom. The Balaban J connectivity index is 0.000000232. The van der Waals surface area contributed by atoms with Crippen LogP contribution in [-0.4, -0.2) is 42.9 Å². The molecule has 2 N–H and O–H groups in total. The molecule has 9 heteroatoms. The van der Waals surface area contributed by atoms with Crippen molar-refractivity contribution in [1.82, 2.24) is 0 Å². The van der Waals surface area contributed by atoms with Crippen molar-refractivity contribution in [2.75, 3.05) is 26.4 Å². The first-order valence-corrected chi connectivity index (χ1v) is 9.31. The van der Waals surface area contributed by atoms with Gasteiger partial charge in [-0.05, 0) is 36.4 Å². The summed E-state index contributed by atoms with van der Waals surface area (Å²) in [5.41, 5.74) is 1.04. The molecule has 0 aliphatic carbocycles. The van der Waals surface area contributed by atoms with Crippen molar-refractivity contribution in [3.63, 3.8) is 0 Å². The Labute approximate surface area is 172 Å². The zero-order chi connectivity index (χ0) is 20.2. The molecular formula is C18H18Br2F2O5. The van der Waals surface area contributed by atoms with Crippen molar-refractivity contribution in [2.24, 2.45) is 0 Å². The van der Waals surface area contributed by atoms with Crippen LogP contribution in [0.5, 0.6) is 0 Å². The zero-order valence-electron chi connectivity index (χ0n) is 14.1. The van der Waals surface area contributed by atoms with E-state index in [1.54, 1.807) is 6.07 Å². The third kappa shape index (κ3) is 8.54. The molecule has 1 heterocycles. The highest BCUT2D eigenvalue weighted by Crippen LogP contribution is 2.30. The molecule has 0 atom stereocenters. The van der Waals surface area contributed by atoms with Crippen molar-refractivity contribution >= 4 is 38.1 Å². The first-order valence-electron chi connectivity index (χ1n) is 7.73. The molecular weight excluding hydrogens is 494 g/mol. The number of rotatable bonds is 3. The first kappa shape index (κ1) is 23.8. The van der Waals surface area contributed by atoms with Gasteiger partial charge in [0.1, 0.15) is 11.6 Å². The van der Waals surface area contributed by atoms with E-state index in [1.165, 1.54) is 30.3 Å². The Bertz CT molecular complexity index is 723. The summed E-state index contributed by atoms with van der Waals surface area (Å²) in [5, 5.41) is 15.2. The number of halogens is 4. The molecule has 5 nitrogen and oxygen atoms in total. The molecule has 0 spiro atoms. The third-order valence-electron chi connectivity index (χ3n) is 3.02. The summed E-state index contributed by atoms with van der Waals surface area (Å²) >= 11 is 6.41. The van der Waals surface area contributed by atoms with Crippen LogP contribution in [0, 0.1) is 11.6 Å². The van der Waals surface area contributed by atoms with Crippen LogP contribution in [-0.2, 0) is 9.47 Å². The standard InChI is InChI=1S/C9H8BrFO2.C7H4BrFO.C2H6O2/c10-8-2-1-6(11)5-7(8)9-12-3-4-13-9;8-7-2-1-6(9)3-5(7)4-10;3-1-2-4/h1-2,5,9H,3-4H2;1-4H;3-4H,1-2H2. The van der Waals surface area contributed by atoms with Crippen LogP contribution in [0.1, 0.15) is 22.2 Å². The molecule has 27 heavy (non-hydrogen) atoms. The number of carbonyl (C=O) groups excluding carboxylic acids is 1. The van der Waals surface area contributed by atoms with E-state index in [0.717, 1.165) is 4.47 Å². The van der Waals surface area contributed by atoms with Gasteiger partial charge in [0, 0.05) is 20.1 Å². The highest BCUT2D eigenvalue weighted by Gasteiger charge is 2.20. The minimum atomic E-state index is -0.426. The summed E-state index contributed by atoms with van der Waals surface area (Å²) in [7, 11) is 0. The summed E-state index contributed by atoms with van der Waals surface area (Å²) in [6.45, 7) is 0.876. The SMILES string of the molecule is Fc1ccc(Br)c(C2OCCO2)c1.O=Cc1cc(F)ccc1Br.OCCO. The topological polar surface area (TPSA) is 76.0 Å². The van der Waals surface area contributed by atoms with E-state index in [-0.39, 0.29) is 19.0 Å². The summed E-state index contributed by atoms with van der Waals surface area (Å²) in [5.74, 6) is -0.678. The Kier molecular flexibility index (Phi) is 11.5. The minimum Gasteiger partial charge on any atom is -0.394 e. The number of benzene rings is 2. The molecule has 0 radical (unpaired) electrons. The Hall–Kier alpha value is -1.23. The number of ether oxygens (including phenoxy) is 2. The fourth-order valence-electron chi connectivity index (χ4n) is 1.84. The molecule has 0 aromatic heterocycles. The predicted molar refractivity (Wildman–Crippen MR) is 102 cm³/mol. The van der Waals surface area contributed by atoms with Gasteiger partial charge >= 0.3 is 0 Å². The van der Waals surface area contributed by atoms with Gasteiger partial charge in [-0.15, -0.1) is 0 Å². The number of aliphatic hydroxyl groups excluding tert-OH is 2. The van der Waals surface area contributed by atoms with Gasteiger partial charge < -0.3 is 19.7 Å². The van der Waals surface area contributed by atoms with Gasteiger partial charge in [0.2, 0.25) is 0 Å². The average molecular weight is 512 g/mol. The minimum absolute atomic E-state index is 0.125. The number of aldehydes is 1. The second-order valence-electron chi connectivity index (χ2n) is 4.97. The molecule has 1 saturated heterocycles.